The number of hydrogen-bond donors (Lipinski definition) is 2. The molecule has 5 nitrogen and oxygen atoms in total. The third kappa shape index (κ3) is 4.65. The molecule has 4 aromatic rings. The molecule has 0 radical (unpaired) electrons. The molecular formula is C24H22N4O. The van der Waals surface area contributed by atoms with E-state index in [1.54, 1.807) is 12.4 Å². The van der Waals surface area contributed by atoms with Crippen molar-refractivity contribution in [1.82, 2.24) is 15.0 Å². The summed E-state index contributed by atoms with van der Waals surface area (Å²) in [6, 6.07) is 23.8. The Labute approximate surface area is 170 Å². The minimum atomic E-state index is -0.642. The third-order valence-electron chi connectivity index (χ3n) is 4.65. The maximum Gasteiger partial charge on any atom is 0.163 e. The van der Waals surface area contributed by atoms with Crippen molar-refractivity contribution in [3.63, 3.8) is 0 Å². The summed E-state index contributed by atoms with van der Waals surface area (Å²) in [5.41, 5.74) is 4.85. The van der Waals surface area contributed by atoms with Crippen LogP contribution in [0.2, 0.25) is 0 Å². The number of pyridine rings is 1. The summed E-state index contributed by atoms with van der Waals surface area (Å²) in [7, 11) is 0. The molecule has 2 aromatic carbocycles. The first-order chi connectivity index (χ1) is 14.2. The summed E-state index contributed by atoms with van der Waals surface area (Å²) in [5.74, 6) is 1.29. The van der Waals surface area contributed by atoms with Gasteiger partial charge < -0.3 is 10.4 Å². The Morgan fingerprint density at radius 2 is 1.59 bits per heavy atom. The van der Waals surface area contributed by atoms with Gasteiger partial charge in [-0.25, -0.2) is 9.97 Å². The number of rotatable bonds is 6. The minimum absolute atomic E-state index is 0.355. The second kappa shape index (κ2) is 8.63. The van der Waals surface area contributed by atoms with Crippen molar-refractivity contribution in [3.05, 3.63) is 96.4 Å². The average molecular weight is 382 g/mol. The normalized spacial score (nSPS) is 11.8. The molecule has 5 heteroatoms. The smallest absolute Gasteiger partial charge is 0.163 e. The van der Waals surface area contributed by atoms with E-state index in [0.29, 0.717) is 18.2 Å². The Balaban J connectivity index is 1.44. The summed E-state index contributed by atoms with van der Waals surface area (Å²) in [6.45, 7) is 2.28. The van der Waals surface area contributed by atoms with Crippen molar-refractivity contribution in [3.8, 4) is 22.5 Å². The maximum absolute atomic E-state index is 10.6. The fourth-order valence-corrected chi connectivity index (χ4v) is 3.13. The molecule has 4 rings (SSSR count). The number of aromatic nitrogens is 3. The predicted octanol–water partition coefficient (Wildman–Crippen LogP) is 4.66. The van der Waals surface area contributed by atoms with Crippen LogP contribution in [0.4, 0.5) is 5.82 Å². The lowest BCUT2D eigenvalue weighted by Gasteiger charge is -2.14. The van der Waals surface area contributed by atoms with Crippen molar-refractivity contribution in [2.24, 2.45) is 0 Å². The van der Waals surface area contributed by atoms with Crippen LogP contribution in [0.15, 0.2) is 85.2 Å². The van der Waals surface area contributed by atoms with Crippen LogP contribution in [0.3, 0.4) is 0 Å². The standard InChI is InChI=1S/C24H22N4O/c1-17-14-23(28-24(27-17)21-8-5-13-25-15-21)26-16-22(29)20-11-9-19(10-12-20)18-6-3-2-4-7-18/h2-15,22,29H,16H2,1H3,(H,26,27,28). The van der Waals surface area contributed by atoms with Crippen LogP contribution in [0.25, 0.3) is 22.5 Å². The van der Waals surface area contributed by atoms with Gasteiger partial charge in [-0.2, -0.15) is 0 Å². The Morgan fingerprint density at radius 3 is 2.31 bits per heavy atom. The SMILES string of the molecule is Cc1cc(NCC(O)c2ccc(-c3ccccc3)cc2)nc(-c2cccnc2)n1. The predicted molar refractivity (Wildman–Crippen MR) is 115 cm³/mol. The first-order valence-electron chi connectivity index (χ1n) is 9.52. The number of nitrogens with one attached hydrogen (secondary N) is 1. The van der Waals surface area contributed by atoms with Crippen LogP contribution in [0, 0.1) is 6.92 Å². The summed E-state index contributed by atoms with van der Waals surface area (Å²) < 4.78 is 0. The van der Waals surface area contributed by atoms with Crippen LogP contribution in [-0.4, -0.2) is 26.6 Å². The van der Waals surface area contributed by atoms with Gasteiger partial charge >= 0.3 is 0 Å². The summed E-state index contributed by atoms with van der Waals surface area (Å²) in [6.07, 6.45) is 2.82. The van der Waals surface area contributed by atoms with E-state index in [-0.39, 0.29) is 0 Å². The quantitative estimate of drug-likeness (QED) is 0.507. The zero-order valence-electron chi connectivity index (χ0n) is 16.2. The van der Waals surface area contributed by atoms with Gasteiger partial charge in [-0.05, 0) is 35.7 Å². The molecule has 2 aromatic heterocycles. The number of anilines is 1. The molecule has 0 amide bonds. The highest BCUT2D eigenvalue weighted by Crippen LogP contribution is 2.22. The number of nitrogens with zero attached hydrogens (tertiary/aromatic N) is 3. The highest BCUT2D eigenvalue weighted by Gasteiger charge is 2.10. The van der Waals surface area contributed by atoms with Gasteiger partial charge in [-0.3, -0.25) is 4.98 Å². The Bertz CT molecular complexity index is 1070. The second-order valence-corrected chi connectivity index (χ2v) is 6.84. The Kier molecular flexibility index (Phi) is 5.59. The first-order valence-corrected chi connectivity index (χ1v) is 9.52. The van der Waals surface area contributed by atoms with Crippen molar-refractivity contribution in [2.45, 2.75) is 13.0 Å². The van der Waals surface area contributed by atoms with Gasteiger partial charge in [0.25, 0.3) is 0 Å². The van der Waals surface area contributed by atoms with Gasteiger partial charge in [0.05, 0.1) is 6.10 Å². The van der Waals surface area contributed by atoms with Gasteiger partial charge in [-0.15, -0.1) is 0 Å². The van der Waals surface area contributed by atoms with Crippen molar-refractivity contribution >= 4 is 5.82 Å². The monoisotopic (exact) mass is 382 g/mol. The van der Waals surface area contributed by atoms with Crippen LogP contribution < -0.4 is 5.32 Å². The fraction of sp³-hybridized carbons (Fsp3) is 0.125. The molecule has 29 heavy (non-hydrogen) atoms. The van der Waals surface area contributed by atoms with E-state index >= 15 is 0 Å². The molecule has 0 bridgehead atoms. The topological polar surface area (TPSA) is 70.9 Å². The van der Waals surface area contributed by atoms with Crippen LogP contribution in [0.1, 0.15) is 17.4 Å². The number of aliphatic hydroxyl groups is 1. The molecule has 0 aliphatic rings. The van der Waals surface area contributed by atoms with Crippen LogP contribution >= 0.6 is 0 Å². The van der Waals surface area contributed by atoms with E-state index in [4.69, 9.17) is 0 Å². The van der Waals surface area contributed by atoms with E-state index in [2.05, 4.69) is 32.4 Å². The molecule has 2 N–H and O–H groups in total. The molecule has 0 saturated heterocycles. The molecule has 1 atom stereocenters. The van der Waals surface area contributed by atoms with Crippen molar-refractivity contribution in [2.75, 3.05) is 11.9 Å². The van der Waals surface area contributed by atoms with Gasteiger partial charge in [0.2, 0.25) is 0 Å². The molecule has 0 aliphatic heterocycles. The lowest BCUT2D eigenvalue weighted by atomic mass is 10.0. The van der Waals surface area contributed by atoms with Gasteiger partial charge in [-0.1, -0.05) is 54.6 Å². The Morgan fingerprint density at radius 1 is 0.862 bits per heavy atom. The molecule has 1 unspecified atom stereocenters. The highest BCUT2D eigenvalue weighted by atomic mass is 16.3. The largest absolute Gasteiger partial charge is 0.387 e. The summed E-state index contributed by atoms with van der Waals surface area (Å²) >= 11 is 0. The summed E-state index contributed by atoms with van der Waals surface area (Å²) in [5, 5.41) is 13.8. The molecular weight excluding hydrogens is 360 g/mol. The number of benzene rings is 2. The third-order valence-corrected chi connectivity index (χ3v) is 4.65. The van der Waals surface area contributed by atoms with Gasteiger partial charge in [0.15, 0.2) is 5.82 Å². The van der Waals surface area contributed by atoms with E-state index < -0.39 is 6.10 Å². The Hall–Kier alpha value is -3.57. The second-order valence-electron chi connectivity index (χ2n) is 6.84. The highest BCUT2D eigenvalue weighted by molar-refractivity contribution is 5.63. The lowest BCUT2D eigenvalue weighted by Crippen LogP contribution is -2.13. The lowest BCUT2D eigenvalue weighted by molar-refractivity contribution is 0.191. The van der Waals surface area contributed by atoms with Crippen molar-refractivity contribution in [1.29, 1.82) is 0 Å². The number of aliphatic hydroxyl groups excluding tert-OH is 1. The molecule has 0 fully saturated rings. The summed E-state index contributed by atoms with van der Waals surface area (Å²) in [4.78, 5) is 13.1. The van der Waals surface area contributed by atoms with Crippen LogP contribution in [-0.2, 0) is 0 Å². The number of aryl methyl sites for hydroxylation is 1. The zero-order valence-corrected chi connectivity index (χ0v) is 16.2. The minimum Gasteiger partial charge on any atom is -0.387 e. The van der Waals surface area contributed by atoms with E-state index in [0.717, 1.165) is 27.9 Å². The van der Waals surface area contributed by atoms with E-state index in [1.807, 2.05) is 67.6 Å². The van der Waals surface area contributed by atoms with Crippen molar-refractivity contribution < 1.29 is 5.11 Å². The van der Waals surface area contributed by atoms with E-state index in [9.17, 15) is 5.11 Å². The number of hydrogen-bond acceptors (Lipinski definition) is 5. The average Bonchev–Trinajstić information content (AvgIpc) is 2.78. The fourth-order valence-electron chi connectivity index (χ4n) is 3.13. The zero-order chi connectivity index (χ0) is 20.1. The molecule has 144 valence electrons. The molecule has 0 aliphatic carbocycles. The van der Waals surface area contributed by atoms with E-state index in [1.165, 1.54) is 0 Å². The molecule has 0 saturated carbocycles. The van der Waals surface area contributed by atoms with Gasteiger partial charge in [0, 0.05) is 36.3 Å². The van der Waals surface area contributed by atoms with Gasteiger partial charge in [0.1, 0.15) is 5.82 Å². The maximum atomic E-state index is 10.6. The molecule has 0 spiro atoms. The van der Waals surface area contributed by atoms with Crippen LogP contribution in [0.5, 0.6) is 0 Å². The molecule has 2 heterocycles. The first kappa shape index (κ1) is 18.8.